The summed E-state index contributed by atoms with van der Waals surface area (Å²) < 4.78 is 0. The number of nitrogens with zero attached hydrogens (tertiary/aromatic N) is 2. The van der Waals surface area contributed by atoms with E-state index < -0.39 is 0 Å². The summed E-state index contributed by atoms with van der Waals surface area (Å²) in [5.74, 6) is -0.365. The maximum Gasteiger partial charge on any atom is 0.246 e. The van der Waals surface area contributed by atoms with E-state index in [0.717, 1.165) is 0 Å². The van der Waals surface area contributed by atoms with Crippen molar-refractivity contribution in [1.29, 1.82) is 0 Å². The molecule has 0 saturated heterocycles. The maximum atomic E-state index is 12.5. The second-order valence-electron chi connectivity index (χ2n) is 4.23. The number of thiocarbonyl (C=S) groups is 1. The van der Waals surface area contributed by atoms with Crippen LogP contribution in [0, 0.1) is 5.92 Å². The molecule has 1 aromatic carbocycles. The number of amides is 1. The lowest BCUT2D eigenvalue weighted by Crippen LogP contribution is -2.46. The van der Waals surface area contributed by atoms with Crippen LogP contribution in [0.3, 0.4) is 0 Å². The number of carbonyl (C=O) groups excluding carboxylic acids is 1. The van der Waals surface area contributed by atoms with Crippen LogP contribution in [-0.4, -0.2) is 21.8 Å². The first kappa shape index (κ1) is 11.8. The van der Waals surface area contributed by atoms with E-state index in [0.29, 0.717) is 11.4 Å². The van der Waals surface area contributed by atoms with E-state index in [1.54, 1.807) is 24.3 Å². The minimum absolute atomic E-state index is 0.124. The minimum atomic E-state index is -0.384. The monoisotopic (exact) mass is 270 g/mol. The zero-order chi connectivity index (χ0) is 13.4. The van der Waals surface area contributed by atoms with Gasteiger partial charge >= 0.3 is 0 Å². The molecule has 0 spiro atoms. The number of benzene rings is 1. The van der Waals surface area contributed by atoms with Crippen LogP contribution in [0.5, 0.6) is 5.75 Å². The van der Waals surface area contributed by atoms with Gasteiger partial charge in [0, 0.05) is 0 Å². The third kappa shape index (κ3) is 1.98. The quantitative estimate of drug-likeness (QED) is 0.796. The molecule has 1 aromatic rings. The van der Waals surface area contributed by atoms with Crippen molar-refractivity contribution in [2.75, 3.05) is 4.90 Å². The summed E-state index contributed by atoms with van der Waals surface area (Å²) in [5, 5.41) is 9.51. The fourth-order valence-electron chi connectivity index (χ4n) is 2.08. The molecule has 1 N–H and O–H groups in total. The summed E-state index contributed by atoms with van der Waals surface area (Å²) >= 11 is 5.18. The Morgan fingerprint density at radius 1 is 1.21 bits per heavy atom. The molecule has 1 atom stereocenters. The summed E-state index contributed by atoms with van der Waals surface area (Å²) in [6.07, 6.45) is 7.26. The van der Waals surface area contributed by atoms with Crippen LogP contribution in [-0.2, 0) is 4.79 Å². The second kappa shape index (κ2) is 4.44. The van der Waals surface area contributed by atoms with Crippen molar-refractivity contribution >= 4 is 34.6 Å². The molecule has 0 radical (unpaired) electrons. The molecule has 0 bridgehead atoms. The fourth-order valence-corrected chi connectivity index (χ4v) is 2.38. The van der Waals surface area contributed by atoms with Gasteiger partial charge in [0.25, 0.3) is 0 Å². The number of hydrogen-bond donors (Lipinski definition) is 1. The number of fused-ring (bicyclic) bond motifs is 1. The average molecular weight is 270 g/mol. The van der Waals surface area contributed by atoms with E-state index in [4.69, 9.17) is 12.2 Å². The zero-order valence-corrected chi connectivity index (χ0v) is 10.7. The summed E-state index contributed by atoms with van der Waals surface area (Å²) in [5.41, 5.74) is 1.28. The zero-order valence-electron chi connectivity index (χ0n) is 9.85. The summed E-state index contributed by atoms with van der Waals surface area (Å²) in [7, 11) is 0. The highest BCUT2D eigenvalue weighted by Gasteiger charge is 2.34. The van der Waals surface area contributed by atoms with Gasteiger partial charge in [-0.1, -0.05) is 18.2 Å². The molecular weight excluding hydrogens is 260 g/mol. The van der Waals surface area contributed by atoms with Crippen LogP contribution in [0.2, 0.25) is 0 Å². The number of hydrogen-bond acceptors (Lipinski definition) is 3. The first-order valence-electron chi connectivity index (χ1n) is 5.77. The Morgan fingerprint density at radius 2 is 1.95 bits per heavy atom. The van der Waals surface area contributed by atoms with Crippen molar-refractivity contribution < 1.29 is 9.90 Å². The molecular formula is C14H10N2O2S. The molecule has 1 heterocycles. The molecule has 5 heteroatoms. The van der Waals surface area contributed by atoms with Gasteiger partial charge in [0.1, 0.15) is 5.75 Å². The Balaban J connectivity index is 2.03. The number of anilines is 1. The van der Waals surface area contributed by atoms with Gasteiger partial charge < -0.3 is 5.11 Å². The minimum Gasteiger partial charge on any atom is -0.508 e. The van der Waals surface area contributed by atoms with E-state index in [1.165, 1.54) is 17.0 Å². The lowest BCUT2D eigenvalue weighted by atomic mass is 9.95. The van der Waals surface area contributed by atoms with Crippen molar-refractivity contribution in [3.05, 3.63) is 48.6 Å². The molecule has 4 nitrogen and oxygen atoms in total. The highest BCUT2D eigenvalue weighted by molar-refractivity contribution is 7.80. The smallest absolute Gasteiger partial charge is 0.246 e. The summed E-state index contributed by atoms with van der Waals surface area (Å²) in [6, 6.07) is 6.31. The normalized spacial score (nSPS) is 21.4. The molecule has 0 saturated carbocycles. The maximum absolute atomic E-state index is 12.5. The van der Waals surface area contributed by atoms with Crippen LogP contribution in [0.15, 0.2) is 53.6 Å². The van der Waals surface area contributed by atoms with Crippen LogP contribution in [0.25, 0.3) is 0 Å². The number of phenols is 1. The Kier molecular flexibility index (Phi) is 2.76. The van der Waals surface area contributed by atoms with E-state index >= 15 is 0 Å². The van der Waals surface area contributed by atoms with Gasteiger partial charge in [-0.15, -0.1) is 0 Å². The Labute approximate surface area is 115 Å². The predicted octanol–water partition coefficient (Wildman–Crippen LogP) is 2.21. The van der Waals surface area contributed by atoms with Gasteiger partial charge in [0.15, 0.2) is 0 Å². The third-order valence-electron chi connectivity index (χ3n) is 3.01. The second-order valence-corrected chi connectivity index (χ2v) is 4.60. The Hall–Kier alpha value is -2.27. The van der Waals surface area contributed by atoms with Crippen molar-refractivity contribution in [2.45, 2.75) is 0 Å². The van der Waals surface area contributed by atoms with E-state index in [-0.39, 0.29) is 22.7 Å². The van der Waals surface area contributed by atoms with Gasteiger partial charge in [-0.25, -0.2) is 4.99 Å². The molecule has 1 amide bonds. The molecule has 1 aliphatic carbocycles. The lowest BCUT2D eigenvalue weighted by molar-refractivity contribution is -0.118. The van der Waals surface area contributed by atoms with Gasteiger partial charge in [-0.2, -0.15) is 0 Å². The first-order chi connectivity index (χ1) is 9.16. The van der Waals surface area contributed by atoms with Gasteiger partial charge in [0.2, 0.25) is 11.0 Å². The Bertz CT molecular complexity index is 644. The lowest BCUT2D eigenvalue weighted by Gasteiger charge is -2.30. The third-order valence-corrected chi connectivity index (χ3v) is 3.28. The number of carbonyl (C=O) groups is 1. The van der Waals surface area contributed by atoms with E-state index in [2.05, 4.69) is 4.99 Å². The van der Waals surface area contributed by atoms with E-state index in [1.807, 2.05) is 12.2 Å². The summed E-state index contributed by atoms with van der Waals surface area (Å²) in [4.78, 5) is 18.1. The van der Waals surface area contributed by atoms with Crippen molar-refractivity contribution in [1.82, 2.24) is 0 Å². The summed E-state index contributed by atoms with van der Waals surface area (Å²) in [6.45, 7) is 0. The number of aromatic hydroxyl groups is 1. The average Bonchev–Trinajstić information content (AvgIpc) is 2.41. The highest BCUT2D eigenvalue weighted by atomic mass is 32.1. The predicted molar refractivity (Wildman–Crippen MR) is 77.4 cm³/mol. The molecule has 3 rings (SSSR count). The van der Waals surface area contributed by atoms with Crippen LogP contribution in [0.1, 0.15) is 0 Å². The number of aliphatic imine (C=N–C) groups is 1. The van der Waals surface area contributed by atoms with E-state index in [9.17, 15) is 9.90 Å². The van der Waals surface area contributed by atoms with Crippen LogP contribution >= 0.6 is 12.2 Å². The van der Waals surface area contributed by atoms with Crippen molar-refractivity contribution in [3.8, 4) is 5.75 Å². The molecule has 1 aliphatic heterocycles. The molecule has 0 aromatic heterocycles. The SMILES string of the molecule is O=C1C2C=CC=CC2=NC(=S)N1c1ccc(O)cc1. The molecule has 0 fully saturated rings. The highest BCUT2D eigenvalue weighted by Crippen LogP contribution is 2.26. The fraction of sp³-hybridized carbons (Fsp3) is 0.0714. The standard InChI is InChI=1S/C14H10N2O2S/c17-10-7-5-9(6-8-10)16-13(18)11-3-1-2-4-12(11)15-14(16)19/h1-8,11,17H. The number of phenolic OH excluding ortho intramolecular Hbond substituents is 1. The molecule has 94 valence electrons. The molecule has 2 aliphatic rings. The molecule has 1 unspecified atom stereocenters. The largest absolute Gasteiger partial charge is 0.508 e. The first-order valence-corrected chi connectivity index (χ1v) is 6.18. The van der Waals surface area contributed by atoms with Gasteiger partial charge in [-0.3, -0.25) is 9.69 Å². The van der Waals surface area contributed by atoms with Crippen molar-refractivity contribution in [2.24, 2.45) is 10.9 Å². The number of allylic oxidation sites excluding steroid dienone is 3. The van der Waals surface area contributed by atoms with Gasteiger partial charge in [-0.05, 0) is 42.6 Å². The van der Waals surface area contributed by atoms with Crippen LogP contribution in [0.4, 0.5) is 5.69 Å². The van der Waals surface area contributed by atoms with Crippen LogP contribution < -0.4 is 4.90 Å². The number of rotatable bonds is 1. The topological polar surface area (TPSA) is 52.9 Å². The van der Waals surface area contributed by atoms with Gasteiger partial charge in [0.05, 0.1) is 17.3 Å². The molecule has 19 heavy (non-hydrogen) atoms. The Morgan fingerprint density at radius 3 is 2.68 bits per heavy atom. The van der Waals surface area contributed by atoms with Crippen molar-refractivity contribution in [3.63, 3.8) is 0 Å².